The summed E-state index contributed by atoms with van der Waals surface area (Å²) in [5.74, 6) is 0.0494. The van der Waals surface area contributed by atoms with Crippen molar-refractivity contribution in [3.05, 3.63) is 71.6 Å². The molecule has 4 aliphatic rings. The van der Waals surface area contributed by atoms with Crippen molar-refractivity contribution in [2.75, 3.05) is 20.1 Å². The Morgan fingerprint density at radius 2 is 2.17 bits per heavy atom. The van der Waals surface area contributed by atoms with Gasteiger partial charge >= 0.3 is 0 Å². The summed E-state index contributed by atoms with van der Waals surface area (Å²) < 4.78 is 20.2. The maximum absolute atomic E-state index is 13.7. The summed E-state index contributed by atoms with van der Waals surface area (Å²) in [6.07, 6.45) is 3.96. The van der Waals surface area contributed by atoms with Gasteiger partial charge < -0.3 is 19.8 Å². The van der Waals surface area contributed by atoms with Crippen LogP contribution in [0.4, 0.5) is 4.39 Å². The van der Waals surface area contributed by atoms with Crippen LogP contribution in [0.25, 0.3) is 0 Å². The third-order valence-corrected chi connectivity index (χ3v) is 9.04. The van der Waals surface area contributed by atoms with E-state index in [0.29, 0.717) is 43.5 Å². The van der Waals surface area contributed by atoms with Crippen molar-refractivity contribution in [1.82, 2.24) is 9.80 Å². The van der Waals surface area contributed by atoms with Crippen molar-refractivity contribution in [1.29, 1.82) is 0 Å². The topological polar surface area (TPSA) is 73.2 Å². The number of ether oxygens (including phenoxy) is 1. The molecule has 2 aromatic carbocycles. The SMILES string of the molecule is C=CCN1CC[C@]23c4c5ccc(O)c4O[C@H]2[C@@H](N(C)C(=O)Cc2cccc(F)c2)CC[C@@]3(O)[C@H]1C5. The largest absolute Gasteiger partial charge is 0.504 e. The number of nitrogens with zero attached hydrogens (tertiary/aromatic N) is 2. The van der Waals surface area contributed by atoms with Crippen LogP contribution in [0.5, 0.6) is 11.5 Å². The quantitative estimate of drug-likeness (QED) is 0.647. The molecule has 35 heavy (non-hydrogen) atoms. The highest BCUT2D eigenvalue weighted by molar-refractivity contribution is 5.79. The third-order valence-electron chi connectivity index (χ3n) is 9.04. The number of likely N-dealkylation sites (tertiary alicyclic amines) is 1. The molecule has 0 unspecified atom stereocenters. The minimum absolute atomic E-state index is 0.0781. The van der Waals surface area contributed by atoms with Crippen LogP contribution in [0, 0.1) is 5.82 Å². The number of aromatic hydroxyl groups is 1. The summed E-state index contributed by atoms with van der Waals surface area (Å²) in [6.45, 7) is 5.39. The standard InChI is InChI=1S/C28H31FN2O4/c1-3-12-31-13-11-27-24-18-7-8-21(32)25(24)35-26(27)20(9-10-28(27,34)22(31)16-18)30(2)23(33)15-17-5-4-6-19(29)14-17/h3-8,14,20,22,26,32,34H,1,9-13,15-16H2,2H3/t20-,22+,26-,27-,28+/m0/s1. The summed E-state index contributed by atoms with van der Waals surface area (Å²) in [4.78, 5) is 17.3. The summed E-state index contributed by atoms with van der Waals surface area (Å²) in [5.41, 5.74) is 0.910. The maximum atomic E-state index is 13.7. The molecule has 184 valence electrons. The Morgan fingerprint density at radius 1 is 1.34 bits per heavy atom. The number of aliphatic hydroxyl groups is 1. The summed E-state index contributed by atoms with van der Waals surface area (Å²) in [6, 6.07) is 9.38. The molecule has 0 radical (unpaired) electrons. The van der Waals surface area contributed by atoms with Gasteiger partial charge in [0, 0.05) is 25.2 Å². The lowest BCUT2D eigenvalue weighted by atomic mass is 9.48. The molecule has 1 saturated heterocycles. The second-order valence-corrected chi connectivity index (χ2v) is 10.6. The minimum atomic E-state index is -1.03. The number of halogens is 1. The highest BCUT2D eigenvalue weighted by atomic mass is 19.1. The molecule has 2 heterocycles. The van der Waals surface area contributed by atoms with Crippen molar-refractivity contribution < 1.29 is 24.1 Å². The van der Waals surface area contributed by atoms with Crippen LogP contribution in [0.1, 0.15) is 36.0 Å². The van der Waals surface area contributed by atoms with Gasteiger partial charge in [0.2, 0.25) is 5.91 Å². The summed E-state index contributed by atoms with van der Waals surface area (Å²) in [7, 11) is 1.77. The van der Waals surface area contributed by atoms with Gasteiger partial charge in [-0.2, -0.15) is 0 Å². The van der Waals surface area contributed by atoms with Gasteiger partial charge in [0.15, 0.2) is 11.5 Å². The second kappa shape index (κ2) is 7.80. The van der Waals surface area contributed by atoms with Gasteiger partial charge in [-0.3, -0.25) is 9.69 Å². The molecule has 7 heteroatoms. The highest BCUT2D eigenvalue weighted by Gasteiger charge is 2.73. The number of phenols is 1. The first-order valence-electron chi connectivity index (χ1n) is 12.4. The zero-order chi connectivity index (χ0) is 24.5. The average molecular weight is 479 g/mol. The van der Waals surface area contributed by atoms with E-state index in [2.05, 4.69) is 11.5 Å². The monoisotopic (exact) mass is 478 g/mol. The van der Waals surface area contributed by atoms with Gasteiger partial charge in [-0.05, 0) is 61.6 Å². The molecule has 2 aromatic rings. The van der Waals surface area contributed by atoms with E-state index in [9.17, 15) is 19.4 Å². The maximum Gasteiger partial charge on any atom is 0.227 e. The van der Waals surface area contributed by atoms with E-state index in [0.717, 1.165) is 17.7 Å². The molecule has 2 bridgehead atoms. The second-order valence-electron chi connectivity index (χ2n) is 10.6. The first kappa shape index (κ1) is 22.6. The number of hydrogen-bond donors (Lipinski definition) is 2. The van der Waals surface area contributed by atoms with Crippen molar-refractivity contribution in [2.24, 2.45) is 0 Å². The van der Waals surface area contributed by atoms with Crippen LogP contribution < -0.4 is 4.74 Å². The Labute approximate surface area is 204 Å². The number of piperidine rings is 1. The smallest absolute Gasteiger partial charge is 0.227 e. The van der Waals surface area contributed by atoms with Gasteiger partial charge in [0.1, 0.15) is 11.9 Å². The summed E-state index contributed by atoms with van der Waals surface area (Å²) in [5, 5.41) is 23.2. The van der Waals surface area contributed by atoms with Crippen LogP contribution >= 0.6 is 0 Å². The Balaban J connectivity index is 1.40. The van der Waals surface area contributed by atoms with Gasteiger partial charge in [0.05, 0.1) is 23.5 Å². The Morgan fingerprint density at radius 3 is 2.94 bits per heavy atom. The van der Waals surface area contributed by atoms with Crippen molar-refractivity contribution in [3.8, 4) is 11.5 Å². The number of phenolic OH excluding ortho intramolecular Hbond substituents is 1. The van der Waals surface area contributed by atoms with Crippen LogP contribution in [0.3, 0.4) is 0 Å². The molecule has 1 amide bonds. The fraction of sp³-hybridized carbons (Fsp3) is 0.464. The van der Waals surface area contributed by atoms with Crippen molar-refractivity contribution in [2.45, 2.75) is 61.3 Å². The van der Waals surface area contributed by atoms with E-state index < -0.39 is 17.1 Å². The molecule has 1 saturated carbocycles. The number of hydrogen-bond acceptors (Lipinski definition) is 5. The molecule has 1 spiro atoms. The number of benzene rings is 2. The van der Waals surface area contributed by atoms with Crippen molar-refractivity contribution in [3.63, 3.8) is 0 Å². The molecule has 5 atom stereocenters. The lowest BCUT2D eigenvalue weighted by molar-refractivity contribution is -0.198. The number of likely N-dealkylation sites (N-methyl/N-ethyl adjacent to an activating group) is 1. The fourth-order valence-corrected chi connectivity index (χ4v) is 7.52. The predicted octanol–water partition coefficient (Wildman–Crippen LogP) is 2.94. The van der Waals surface area contributed by atoms with E-state index in [4.69, 9.17) is 4.74 Å². The highest BCUT2D eigenvalue weighted by Crippen LogP contribution is 2.65. The Kier molecular flexibility index (Phi) is 5.03. The van der Waals surface area contributed by atoms with E-state index in [1.165, 1.54) is 12.1 Å². The number of carbonyl (C=O) groups excluding carboxylic acids is 1. The van der Waals surface area contributed by atoms with Crippen LogP contribution in [-0.4, -0.2) is 69.8 Å². The molecular weight excluding hydrogens is 447 g/mol. The fourth-order valence-electron chi connectivity index (χ4n) is 7.52. The number of carbonyl (C=O) groups is 1. The van der Waals surface area contributed by atoms with Gasteiger partial charge in [-0.1, -0.05) is 24.3 Å². The van der Waals surface area contributed by atoms with Crippen LogP contribution in [-0.2, 0) is 23.1 Å². The molecule has 2 fully saturated rings. The lowest BCUT2D eigenvalue weighted by Gasteiger charge is -2.64. The normalized spacial score (nSPS) is 32.5. The predicted molar refractivity (Wildman–Crippen MR) is 129 cm³/mol. The molecular formula is C28H31FN2O4. The van der Waals surface area contributed by atoms with E-state index >= 15 is 0 Å². The van der Waals surface area contributed by atoms with E-state index in [1.807, 2.05) is 12.1 Å². The minimum Gasteiger partial charge on any atom is -0.504 e. The van der Waals surface area contributed by atoms with Gasteiger partial charge in [-0.25, -0.2) is 4.39 Å². The molecule has 2 aliphatic heterocycles. The lowest BCUT2D eigenvalue weighted by Crippen LogP contribution is -2.78. The molecule has 6 rings (SSSR count). The molecule has 2 aliphatic carbocycles. The zero-order valence-electron chi connectivity index (χ0n) is 19.9. The first-order valence-corrected chi connectivity index (χ1v) is 12.4. The molecule has 0 aromatic heterocycles. The molecule has 6 nitrogen and oxygen atoms in total. The Hall–Kier alpha value is -2.90. The zero-order valence-corrected chi connectivity index (χ0v) is 19.9. The van der Waals surface area contributed by atoms with E-state index in [1.54, 1.807) is 30.1 Å². The first-order chi connectivity index (χ1) is 16.8. The van der Waals surface area contributed by atoms with Gasteiger partial charge in [0.25, 0.3) is 0 Å². The third kappa shape index (κ3) is 2.97. The number of amides is 1. The van der Waals surface area contributed by atoms with Gasteiger partial charge in [-0.15, -0.1) is 6.58 Å². The van der Waals surface area contributed by atoms with E-state index in [-0.39, 0.29) is 36.0 Å². The average Bonchev–Trinajstić information content (AvgIpc) is 3.18. The Bertz CT molecular complexity index is 1220. The van der Waals surface area contributed by atoms with Crippen LogP contribution in [0.2, 0.25) is 0 Å². The van der Waals surface area contributed by atoms with Crippen molar-refractivity contribution >= 4 is 5.91 Å². The summed E-state index contributed by atoms with van der Waals surface area (Å²) >= 11 is 0. The number of rotatable bonds is 5. The van der Waals surface area contributed by atoms with Crippen LogP contribution in [0.15, 0.2) is 49.1 Å². The molecule has 2 N–H and O–H groups in total.